The van der Waals surface area contributed by atoms with Gasteiger partial charge in [0.15, 0.2) is 0 Å². The van der Waals surface area contributed by atoms with Crippen molar-refractivity contribution in [1.29, 1.82) is 5.26 Å². The normalized spacial score (nSPS) is 4.88. The van der Waals surface area contributed by atoms with Gasteiger partial charge < -0.3 is 17.5 Å². The number of rotatable bonds is 1. The van der Waals surface area contributed by atoms with Crippen molar-refractivity contribution in [2.75, 3.05) is 0 Å². The van der Waals surface area contributed by atoms with E-state index in [-0.39, 0.29) is 42.0 Å². The number of carboxylic acid groups (broad SMARTS) is 1. The quantitative estimate of drug-likeness (QED) is 0.372. The standard InChI is InChI=1S/C3H3NO2.ClH.Na/c4-2-1-3(5)6;;/h1H2,(H,5,6);1H;/q;;+1/p-1. The van der Waals surface area contributed by atoms with E-state index in [1.807, 2.05) is 0 Å². The van der Waals surface area contributed by atoms with Crippen molar-refractivity contribution in [2.24, 2.45) is 0 Å². The summed E-state index contributed by atoms with van der Waals surface area (Å²) in [6, 6.07) is 1.47. The van der Waals surface area contributed by atoms with Crippen molar-refractivity contribution >= 4 is 5.97 Å². The molecule has 0 bridgehead atoms. The van der Waals surface area contributed by atoms with Gasteiger partial charge in [0.25, 0.3) is 0 Å². The maximum atomic E-state index is 9.38. The molecule has 8 heavy (non-hydrogen) atoms. The van der Waals surface area contributed by atoms with Gasteiger partial charge in [-0.2, -0.15) is 5.26 Å². The molecular formula is C3H3ClNNaO2. The fraction of sp³-hybridized carbons (Fsp3) is 0.333. The first-order valence-electron chi connectivity index (χ1n) is 1.36. The van der Waals surface area contributed by atoms with Crippen LogP contribution in [0.1, 0.15) is 6.42 Å². The molecule has 0 aromatic carbocycles. The number of hydrogen-bond acceptors (Lipinski definition) is 2. The number of nitrogens with zero attached hydrogens (tertiary/aromatic N) is 1. The third-order valence-electron chi connectivity index (χ3n) is 0.230. The molecule has 0 aliphatic carbocycles. The van der Waals surface area contributed by atoms with Gasteiger partial charge in [0.05, 0.1) is 6.07 Å². The fourth-order valence-electron chi connectivity index (χ4n) is 0.0676. The maximum Gasteiger partial charge on any atom is 1.00 e. The second-order valence-corrected chi connectivity index (χ2v) is 0.729. The Morgan fingerprint density at radius 2 is 2.12 bits per heavy atom. The molecular weight excluding hydrogens is 140 g/mol. The molecule has 0 aliphatic rings. The summed E-state index contributed by atoms with van der Waals surface area (Å²) >= 11 is 0. The van der Waals surface area contributed by atoms with Gasteiger partial charge in [-0.3, -0.25) is 4.79 Å². The van der Waals surface area contributed by atoms with Crippen LogP contribution >= 0.6 is 0 Å². The van der Waals surface area contributed by atoms with Crippen LogP contribution in [0.3, 0.4) is 0 Å². The molecule has 0 unspecified atom stereocenters. The van der Waals surface area contributed by atoms with Crippen LogP contribution in [0, 0.1) is 11.3 Å². The van der Waals surface area contributed by atoms with Crippen molar-refractivity contribution in [3.05, 3.63) is 0 Å². The number of hydrogen-bond donors (Lipinski definition) is 1. The molecule has 0 aliphatic heterocycles. The summed E-state index contributed by atoms with van der Waals surface area (Å²) in [4.78, 5) is 9.38. The first kappa shape index (κ1) is 15.7. The van der Waals surface area contributed by atoms with E-state index in [2.05, 4.69) is 0 Å². The van der Waals surface area contributed by atoms with Gasteiger partial charge in [-0.1, -0.05) is 0 Å². The molecule has 0 spiro atoms. The van der Waals surface area contributed by atoms with Crippen LogP contribution in [0.25, 0.3) is 0 Å². The van der Waals surface area contributed by atoms with Gasteiger partial charge in [0.1, 0.15) is 6.42 Å². The summed E-state index contributed by atoms with van der Waals surface area (Å²) in [5.74, 6) is -1.07. The molecule has 40 valence electrons. The topological polar surface area (TPSA) is 61.1 Å². The Kier molecular flexibility index (Phi) is 20.2. The largest absolute Gasteiger partial charge is 1.00 e. The van der Waals surface area contributed by atoms with E-state index in [9.17, 15) is 4.79 Å². The van der Waals surface area contributed by atoms with Crippen molar-refractivity contribution in [3.63, 3.8) is 0 Å². The minimum Gasteiger partial charge on any atom is -1.00 e. The predicted octanol–water partition coefficient (Wildman–Crippen LogP) is -6.01. The summed E-state index contributed by atoms with van der Waals surface area (Å²) in [7, 11) is 0. The van der Waals surface area contributed by atoms with Crippen LogP contribution in [-0.4, -0.2) is 11.1 Å². The van der Waals surface area contributed by atoms with E-state index >= 15 is 0 Å². The van der Waals surface area contributed by atoms with E-state index in [1.165, 1.54) is 6.07 Å². The zero-order chi connectivity index (χ0) is 4.99. The second kappa shape index (κ2) is 10.3. The van der Waals surface area contributed by atoms with E-state index < -0.39 is 12.4 Å². The first-order chi connectivity index (χ1) is 2.77. The Morgan fingerprint density at radius 1 is 1.75 bits per heavy atom. The first-order valence-corrected chi connectivity index (χ1v) is 1.36. The molecule has 0 saturated carbocycles. The van der Waals surface area contributed by atoms with E-state index in [0.717, 1.165) is 0 Å². The van der Waals surface area contributed by atoms with E-state index in [1.54, 1.807) is 0 Å². The van der Waals surface area contributed by atoms with Crippen LogP contribution in [-0.2, 0) is 4.79 Å². The zero-order valence-corrected chi connectivity index (χ0v) is 7.14. The third kappa shape index (κ3) is 16.3. The van der Waals surface area contributed by atoms with Crippen molar-refractivity contribution < 1.29 is 51.9 Å². The Labute approximate surface area is 75.4 Å². The minimum atomic E-state index is -1.07. The van der Waals surface area contributed by atoms with Gasteiger partial charge in [-0.05, 0) is 0 Å². The van der Waals surface area contributed by atoms with Gasteiger partial charge in [-0.15, -0.1) is 0 Å². The number of aliphatic carboxylic acids is 1. The van der Waals surface area contributed by atoms with Crippen molar-refractivity contribution in [1.82, 2.24) is 0 Å². The molecule has 3 nitrogen and oxygen atoms in total. The molecule has 0 aromatic rings. The molecule has 0 rings (SSSR count). The van der Waals surface area contributed by atoms with Crippen LogP contribution in [0.15, 0.2) is 0 Å². The van der Waals surface area contributed by atoms with Gasteiger partial charge in [-0.25, -0.2) is 0 Å². The minimum absolute atomic E-state index is 0. The van der Waals surface area contributed by atoms with Crippen LogP contribution < -0.4 is 42.0 Å². The monoisotopic (exact) mass is 143 g/mol. The Balaban J connectivity index is -0.000000125. The Morgan fingerprint density at radius 3 is 2.12 bits per heavy atom. The molecule has 0 amide bonds. The third-order valence-corrected chi connectivity index (χ3v) is 0.230. The predicted molar refractivity (Wildman–Crippen MR) is 17.9 cm³/mol. The fourth-order valence-corrected chi connectivity index (χ4v) is 0.0676. The zero-order valence-electron chi connectivity index (χ0n) is 4.39. The Hall–Kier alpha value is 0.250. The van der Waals surface area contributed by atoms with Crippen molar-refractivity contribution in [2.45, 2.75) is 6.42 Å². The maximum absolute atomic E-state index is 9.38. The number of carboxylic acids is 1. The SMILES string of the molecule is N#CCC(=O)O.[Cl-].[Na+]. The van der Waals surface area contributed by atoms with E-state index in [0.29, 0.717) is 0 Å². The summed E-state index contributed by atoms with van der Waals surface area (Å²) in [6.45, 7) is 0. The molecule has 0 heterocycles. The van der Waals surface area contributed by atoms with Gasteiger partial charge in [0.2, 0.25) is 0 Å². The molecule has 0 atom stereocenters. The molecule has 0 saturated heterocycles. The Bertz CT molecular complexity index is 99.9. The number of nitriles is 1. The average molecular weight is 144 g/mol. The summed E-state index contributed by atoms with van der Waals surface area (Å²) < 4.78 is 0. The molecule has 0 aromatic heterocycles. The number of halogens is 1. The molecule has 1 N–H and O–H groups in total. The van der Waals surface area contributed by atoms with Gasteiger partial charge >= 0.3 is 35.5 Å². The van der Waals surface area contributed by atoms with Crippen LogP contribution in [0.2, 0.25) is 0 Å². The molecule has 5 heteroatoms. The van der Waals surface area contributed by atoms with Crippen LogP contribution in [0.4, 0.5) is 0 Å². The average Bonchev–Trinajstić information content (AvgIpc) is 1.35. The molecule has 0 radical (unpaired) electrons. The smallest absolute Gasteiger partial charge is 1.00 e. The number of carbonyl (C=O) groups is 1. The van der Waals surface area contributed by atoms with E-state index in [4.69, 9.17) is 10.4 Å². The second-order valence-electron chi connectivity index (χ2n) is 0.729. The summed E-state index contributed by atoms with van der Waals surface area (Å²) in [5.41, 5.74) is 0. The van der Waals surface area contributed by atoms with Gasteiger partial charge in [0, 0.05) is 0 Å². The molecule has 0 fully saturated rings. The summed E-state index contributed by atoms with van der Waals surface area (Å²) in [5, 5.41) is 15.3. The summed E-state index contributed by atoms with van der Waals surface area (Å²) in [6.07, 6.45) is -0.403. The van der Waals surface area contributed by atoms with Crippen LogP contribution in [0.5, 0.6) is 0 Å². The van der Waals surface area contributed by atoms with Crippen molar-refractivity contribution in [3.8, 4) is 6.07 Å².